The van der Waals surface area contributed by atoms with Crippen molar-refractivity contribution >= 4 is 5.97 Å². The highest BCUT2D eigenvalue weighted by Crippen LogP contribution is 2.32. The van der Waals surface area contributed by atoms with E-state index >= 15 is 0 Å². The molecule has 1 atom stereocenters. The molecule has 1 fully saturated rings. The van der Waals surface area contributed by atoms with Crippen molar-refractivity contribution < 1.29 is 15.0 Å². The molecule has 0 amide bonds. The molecule has 0 heterocycles. The first-order valence-electron chi connectivity index (χ1n) is 7.65. The molecular formula is C17H25NO3. The van der Waals surface area contributed by atoms with Crippen LogP contribution in [0.3, 0.4) is 0 Å². The summed E-state index contributed by atoms with van der Waals surface area (Å²) in [5.41, 5.74) is 1.66. The molecule has 0 saturated heterocycles. The normalized spacial score (nSPS) is 27.3. The fourth-order valence-corrected chi connectivity index (χ4v) is 2.98. The number of carboxylic acid groups (broad SMARTS) is 1. The molecule has 4 heteroatoms. The van der Waals surface area contributed by atoms with Crippen molar-refractivity contribution in [3.63, 3.8) is 0 Å². The van der Waals surface area contributed by atoms with Gasteiger partial charge in [0.2, 0.25) is 0 Å². The number of aryl methyl sites for hydroxylation is 1. The zero-order valence-corrected chi connectivity index (χ0v) is 12.8. The summed E-state index contributed by atoms with van der Waals surface area (Å²) in [5, 5.41) is 23.0. The predicted octanol–water partition coefficient (Wildman–Crippen LogP) is 2.65. The highest BCUT2D eigenvalue weighted by molar-refractivity contribution is 5.70. The van der Waals surface area contributed by atoms with E-state index in [0.29, 0.717) is 32.2 Å². The lowest BCUT2D eigenvalue weighted by atomic mass is 9.78. The Hall–Kier alpha value is -1.39. The Morgan fingerprint density at radius 3 is 2.67 bits per heavy atom. The van der Waals surface area contributed by atoms with Crippen molar-refractivity contribution in [2.75, 3.05) is 6.54 Å². The minimum Gasteiger partial charge on any atom is -0.481 e. The Morgan fingerprint density at radius 2 is 2.10 bits per heavy atom. The van der Waals surface area contributed by atoms with Crippen molar-refractivity contribution in [3.05, 3.63) is 35.4 Å². The molecule has 116 valence electrons. The lowest BCUT2D eigenvalue weighted by Crippen LogP contribution is -2.45. The van der Waals surface area contributed by atoms with Crippen molar-refractivity contribution in [2.24, 2.45) is 5.92 Å². The molecule has 0 bridgehead atoms. The summed E-state index contributed by atoms with van der Waals surface area (Å²) in [6, 6.07) is 8.50. The topological polar surface area (TPSA) is 69.6 Å². The van der Waals surface area contributed by atoms with E-state index in [1.54, 1.807) is 0 Å². The van der Waals surface area contributed by atoms with Crippen LogP contribution in [-0.2, 0) is 4.79 Å². The van der Waals surface area contributed by atoms with Gasteiger partial charge in [0.05, 0.1) is 11.5 Å². The van der Waals surface area contributed by atoms with Crippen LogP contribution in [-0.4, -0.2) is 28.3 Å². The Kier molecular flexibility index (Phi) is 5.01. The number of hydrogen-bond donors (Lipinski definition) is 3. The monoisotopic (exact) mass is 291 g/mol. The highest BCUT2D eigenvalue weighted by atomic mass is 16.4. The van der Waals surface area contributed by atoms with Gasteiger partial charge in [-0.2, -0.15) is 0 Å². The Morgan fingerprint density at radius 1 is 1.43 bits per heavy atom. The summed E-state index contributed by atoms with van der Waals surface area (Å²) in [4.78, 5) is 11.0. The lowest BCUT2D eigenvalue weighted by Gasteiger charge is -2.35. The van der Waals surface area contributed by atoms with Gasteiger partial charge in [-0.15, -0.1) is 0 Å². The van der Waals surface area contributed by atoms with Crippen LogP contribution in [0.15, 0.2) is 24.3 Å². The third kappa shape index (κ3) is 4.29. The van der Waals surface area contributed by atoms with E-state index < -0.39 is 11.6 Å². The predicted molar refractivity (Wildman–Crippen MR) is 82.1 cm³/mol. The molecule has 1 aromatic rings. The molecule has 1 aliphatic rings. The number of aliphatic hydroxyl groups is 1. The van der Waals surface area contributed by atoms with Crippen molar-refractivity contribution in [2.45, 2.75) is 51.2 Å². The molecule has 2 rings (SSSR count). The van der Waals surface area contributed by atoms with Crippen LogP contribution < -0.4 is 5.32 Å². The minimum absolute atomic E-state index is 0.172. The van der Waals surface area contributed by atoms with Crippen molar-refractivity contribution in [1.29, 1.82) is 0 Å². The van der Waals surface area contributed by atoms with Gasteiger partial charge in [-0.1, -0.05) is 29.8 Å². The van der Waals surface area contributed by atoms with Gasteiger partial charge < -0.3 is 15.5 Å². The van der Waals surface area contributed by atoms with E-state index in [2.05, 4.69) is 37.4 Å². The molecule has 1 saturated carbocycles. The standard InChI is InChI=1S/C17H25NO3/c1-12-4-3-5-15(10-12)13(2)18-11-17(21)8-6-14(7-9-17)16(19)20/h3-5,10,13-14,18,21H,6-9,11H2,1-2H3,(H,19,20)/t13-,14?,17?/m0/s1. The highest BCUT2D eigenvalue weighted by Gasteiger charge is 2.35. The fraction of sp³-hybridized carbons (Fsp3) is 0.588. The van der Waals surface area contributed by atoms with Gasteiger partial charge in [0.25, 0.3) is 0 Å². The number of carboxylic acids is 1. The molecule has 21 heavy (non-hydrogen) atoms. The maximum absolute atomic E-state index is 11.0. The molecule has 1 aliphatic carbocycles. The van der Waals surface area contributed by atoms with Crippen LogP contribution in [0.1, 0.15) is 49.8 Å². The van der Waals surface area contributed by atoms with Gasteiger partial charge in [0, 0.05) is 12.6 Å². The summed E-state index contributed by atoms with van der Waals surface area (Å²) >= 11 is 0. The Balaban J connectivity index is 1.86. The van der Waals surface area contributed by atoms with Crippen LogP contribution in [0.5, 0.6) is 0 Å². The van der Waals surface area contributed by atoms with E-state index in [1.165, 1.54) is 11.1 Å². The van der Waals surface area contributed by atoms with Crippen LogP contribution in [0.25, 0.3) is 0 Å². The Bertz CT molecular complexity index is 493. The molecule has 0 unspecified atom stereocenters. The van der Waals surface area contributed by atoms with Gasteiger partial charge in [0.15, 0.2) is 0 Å². The number of aliphatic carboxylic acids is 1. The summed E-state index contributed by atoms with van der Waals surface area (Å²) in [7, 11) is 0. The van der Waals surface area contributed by atoms with E-state index in [1.807, 2.05) is 6.07 Å². The van der Waals surface area contributed by atoms with Crippen LogP contribution in [0.2, 0.25) is 0 Å². The van der Waals surface area contributed by atoms with E-state index in [9.17, 15) is 9.90 Å². The minimum atomic E-state index is -0.774. The van der Waals surface area contributed by atoms with Crippen LogP contribution in [0.4, 0.5) is 0 Å². The van der Waals surface area contributed by atoms with Gasteiger partial charge in [-0.25, -0.2) is 0 Å². The first-order valence-corrected chi connectivity index (χ1v) is 7.65. The van der Waals surface area contributed by atoms with Crippen LogP contribution >= 0.6 is 0 Å². The zero-order valence-electron chi connectivity index (χ0n) is 12.8. The van der Waals surface area contributed by atoms with Gasteiger partial charge >= 0.3 is 5.97 Å². The summed E-state index contributed by atoms with van der Waals surface area (Å²) in [6.45, 7) is 4.66. The molecule has 0 aromatic heterocycles. The zero-order chi connectivity index (χ0) is 15.5. The Labute approximate surface area is 126 Å². The maximum Gasteiger partial charge on any atom is 0.306 e. The summed E-state index contributed by atoms with van der Waals surface area (Å²) < 4.78 is 0. The SMILES string of the molecule is Cc1cccc([C@H](C)NCC2(O)CCC(C(=O)O)CC2)c1. The molecular weight excluding hydrogens is 266 g/mol. The lowest BCUT2D eigenvalue weighted by molar-refractivity contribution is -0.144. The average molecular weight is 291 g/mol. The van der Waals surface area contributed by atoms with E-state index in [0.717, 1.165) is 0 Å². The van der Waals surface area contributed by atoms with Crippen molar-refractivity contribution in [1.82, 2.24) is 5.32 Å². The van der Waals surface area contributed by atoms with E-state index in [-0.39, 0.29) is 12.0 Å². The smallest absolute Gasteiger partial charge is 0.306 e. The van der Waals surface area contributed by atoms with E-state index in [4.69, 9.17) is 5.11 Å². The average Bonchev–Trinajstić information content (AvgIpc) is 2.45. The molecule has 4 nitrogen and oxygen atoms in total. The maximum atomic E-state index is 11.0. The van der Waals surface area contributed by atoms with Gasteiger partial charge in [0.1, 0.15) is 0 Å². The summed E-state index contributed by atoms with van der Waals surface area (Å²) in [5.74, 6) is -1.03. The fourth-order valence-electron chi connectivity index (χ4n) is 2.98. The second-order valence-electron chi connectivity index (χ2n) is 6.35. The number of rotatable bonds is 5. The molecule has 0 radical (unpaired) electrons. The third-order valence-electron chi connectivity index (χ3n) is 4.54. The van der Waals surface area contributed by atoms with Gasteiger partial charge in [-0.05, 0) is 45.1 Å². The quantitative estimate of drug-likeness (QED) is 0.780. The van der Waals surface area contributed by atoms with Crippen LogP contribution in [0, 0.1) is 12.8 Å². The number of hydrogen-bond acceptors (Lipinski definition) is 3. The van der Waals surface area contributed by atoms with Crippen molar-refractivity contribution in [3.8, 4) is 0 Å². The largest absolute Gasteiger partial charge is 0.481 e. The molecule has 1 aromatic carbocycles. The third-order valence-corrected chi connectivity index (χ3v) is 4.54. The molecule has 0 aliphatic heterocycles. The first-order chi connectivity index (χ1) is 9.89. The second-order valence-corrected chi connectivity index (χ2v) is 6.35. The number of carbonyl (C=O) groups is 1. The molecule has 3 N–H and O–H groups in total. The summed E-state index contributed by atoms with van der Waals surface area (Å²) in [6.07, 6.45) is 2.23. The number of benzene rings is 1. The number of nitrogens with one attached hydrogen (secondary N) is 1. The molecule has 0 spiro atoms. The second kappa shape index (κ2) is 6.58. The van der Waals surface area contributed by atoms with Gasteiger partial charge in [-0.3, -0.25) is 4.79 Å². The first kappa shape index (κ1) is 16.0.